The van der Waals surface area contributed by atoms with E-state index in [1.165, 1.54) is 16.7 Å². The van der Waals surface area contributed by atoms with E-state index in [2.05, 4.69) is 37.4 Å². The van der Waals surface area contributed by atoms with Gasteiger partial charge in [0.1, 0.15) is 0 Å². The molecule has 0 aromatic heterocycles. The van der Waals surface area contributed by atoms with Gasteiger partial charge in [0.25, 0.3) is 0 Å². The molecule has 2 aromatic rings. The van der Waals surface area contributed by atoms with E-state index >= 15 is 0 Å². The van der Waals surface area contributed by atoms with E-state index in [-0.39, 0.29) is 17.5 Å². The Labute approximate surface area is 118 Å². The van der Waals surface area contributed by atoms with Crippen molar-refractivity contribution in [2.75, 3.05) is 6.54 Å². The van der Waals surface area contributed by atoms with E-state index in [9.17, 15) is 10.2 Å². The summed E-state index contributed by atoms with van der Waals surface area (Å²) in [5.41, 5.74) is 5.86. The van der Waals surface area contributed by atoms with Crippen LogP contribution in [0.4, 0.5) is 0 Å². The Morgan fingerprint density at radius 1 is 1.00 bits per heavy atom. The Balaban J connectivity index is 2.11. The maximum Gasteiger partial charge on any atom is 0.157 e. The molecule has 0 aliphatic carbocycles. The lowest BCUT2D eigenvalue weighted by Gasteiger charge is -2.29. The molecule has 0 spiro atoms. The third kappa shape index (κ3) is 2.14. The highest BCUT2D eigenvalue weighted by atomic mass is 16.3. The molecule has 0 amide bonds. The molecule has 104 valence electrons. The quantitative estimate of drug-likeness (QED) is 0.698. The van der Waals surface area contributed by atoms with Crippen molar-refractivity contribution in [1.82, 2.24) is 5.32 Å². The van der Waals surface area contributed by atoms with Crippen molar-refractivity contribution in [2.24, 2.45) is 0 Å². The SMILES string of the molecule is Cc1ccc(C2NCCc3cc(O)c(O)cc32)c(C)c1. The third-order valence-corrected chi connectivity index (χ3v) is 4.03. The van der Waals surface area contributed by atoms with Gasteiger partial charge in [0.05, 0.1) is 6.04 Å². The molecule has 3 heteroatoms. The fourth-order valence-electron chi connectivity index (χ4n) is 3.01. The van der Waals surface area contributed by atoms with E-state index in [0.29, 0.717) is 0 Å². The lowest BCUT2D eigenvalue weighted by atomic mass is 9.87. The van der Waals surface area contributed by atoms with Gasteiger partial charge >= 0.3 is 0 Å². The largest absolute Gasteiger partial charge is 0.504 e. The van der Waals surface area contributed by atoms with Crippen LogP contribution in [0.25, 0.3) is 0 Å². The molecule has 1 aliphatic rings. The molecule has 1 aliphatic heterocycles. The lowest BCUT2D eigenvalue weighted by molar-refractivity contribution is 0.400. The molecular weight excluding hydrogens is 250 g/mol. The van der Waals surface area contributed by atoms with Gasteiger partial charge in [-0.15, -0.1) is 0 Å². The van der Waals surface area contributed by atoms with Gasteiger partial charge in [-0.2, -0.15) is 0 Å². The predicted molar refractivity (Wildman–Crippen MR) is 79.2 cm³/mol. The molecule has 1 atom stereocenters. The van der Waals surface area contributed by atoms with Crippen LogP contribution in [0.1, 0.15) is 33.9 Å². The van der Waals surface area contributed by atoms with E-state index in [1.807, 2.05) is 0 Å². The number of hydrogen-bond acceptors (Lipinski definition) is 3. The average molecular weight is 269 g/mol. The van der Waals surface area contributed by atoms with Crippen molar-refractivity contribution < 1.29 is 10.2 Å². The summed E-state index contributed by atoms with van der Waals surface area (Å²) in [6, 6.07) is 9.86. The number of nitrogens with one attached hydrogen (secondary N) is 1. The summed E-state index contributed by atoms with van der Waals surface area (Å²) in [6.07, 6.45) is 0.866. The van der Waals surface area contributed by atoms with Crippen LogP contribution in [-0.2, 0) is 6.42 Å². The third-order valence-electron chi connectivity index (χ3n) is 4.03. The normalized spacial score (nSPS) is 17.8. The molecule has 1 unspecified atom stereocenters. The van der Waals surface area contributed by atoms with Crippen LogP contribution in [0, 0.1) is 13.8 Å². The van der Waals surface area contributed by atoms with Crippen molar-refractivity contribution in [1.29, 1.82) is 0 Å². The molecule has 3 nitrogen and oxygen atoms in total. The van der Waals surface area contributed by atoms with Crippen LogP contribution in [0.5, 0.6) is 11.5 Å². The first-order valence-electron chi connectivity index (χ1n) is 6.91. The van der Waals surface area contributed by atoms with Gasteiger partial charge in [-0.25, -0.2) is 0 Å². The summed E-state index contributed by atoms with van der Waals surface area (Å²) in [4.78, 5) is 0. The Morgan fingerprint density at radius 2 is 1.75 bits per heavy atom. The lowest BCUT2D eigenvalue weighted by Crippen LogP contribution is -2.31. The molecule has 20 heavy (non-hydrogen) atoms. The second-order valence-corrected chi connectivity index (χ2v) is 5.54. The fraction of sp³-hybridized carbons (Fsp3) is 0.294. The zero-order valence-electron chi connectivity index (χ0n) is 11.8. The van der Waals surface area contributed by atoms with Crippen LogP contribution in [0.15, 0.2) is 30.3 Å². The fourth-order valence-corrected chi connectivity index (χ4v) is 3.01. The number of phenols is 2. The van der Waals surface area contributed by atoms with Crippen molar-refractivity contribution in [3.8, 4) is 11.5 Å². The number of hydrogen-bond donors (Lipinski definition) is 3. The molecule has 0 fully saturated rings. The summed E-state index contributed by atoms with van der Waals surface area (Å²) >= 11 is 0. The molecule has 3 rings (SSSR count). The summed E-state index contributed by atoms with van der Waals surface area (Å²) in [7, 11) is 0. The van der Waals surface area contributed by atoms with E-state index < -0.39 is 0 Å². The monoisotopic (exact) mass is 269 g/mol. The molecule has 0 saturated heterocycles. The van der Waals surface area contributed by atoms with Gasteiger partial charge in [-0.05, 0) is 54.7 Å². The molecule has 3 N–H and O–H groups in total. The Morgan fingerprint density at radius 3 is 2.50 bits per heavy atom. The Kier molecular flexibility index (Phi) is 3.14. The summed E-state index contributed by atoms with van der Waals surface area (Å²) in [5, 5.41) is 22.9. The number of fused-ring (bicyclic) bond motifs is 1. The molecule has 0 saturated carbocycles. The number of aromatic hydroxyl groups is 2. The van der Waals surface area contributed by atoms with Crippen molar-refractivity contribution in [3.63, 3.8) is 0 Å². The zero-order valence-corrected chi connectivity index (χ0v) is 11.8. The summed E-state index contributed by atoms with van der Waals surface area (Å²) in [5.74, 6) is -0.0905. The average Bonchev–Trinajstić information content (AvgIpc) is 2.40. The number of phenolic OH excluding ortho intramolecular Hbond substituents is 2. The first-order chi connectivity index (χ1) is 9.56. The van der Waals surface area contributed by atoms with Crippen LogP contribution in [0.3, 0.4) is 0 Å². The van der Waals surface area contributed by atoms with Gasteiger partial charge in [0, 0.05) is 6.54 Å². The molecular formula is C17H19NO2. The maximum absolute atomic E-state index is 9.78. The second-order valence-electron chi connectivity index (χ2n) is 5.54. The number of aryl methyl sites for hydroxylation is 2. The minimum atomic E-state index is -0.0535. The first-order valence-corrected chi connectivity index (χ1v) is 6.91. The van der Waals surface area contributed by atoms with Crippen LogP contribution >= 0.6 is 0 Å². The van der Waals surface area contributed by atoms with Crippen molar-refractivity contribution in [3.05, 3.63) is 58.1 Å². The molecule has 0 bridgehead atoms. The molecule has 0 radical (unpaired) electrons. The van der Waals surface area contributed by atoms with Crippen molar-refractivity contribution in [2.45, 2.75) is 26.3 Å². The smallest absolute Gasteiger partial charge is 0.157 e. The van der Waals surface area contributed by atoms with E-state index in [1.54, 1.807) is 12.1 Å². The highest BCUT2D eigenvalue weighted by molar-refractivity contribution is 5.51. The van der Waals surface area contributed by atoms with Gasteiger partial charge in [0.2, 0.25) is 0 Å². The molecule has 2 aromatic carbocycles. The summed E-state index contributed by atoms with van der Waals surface area (Å²) in [6.45, 7) is 5.07. The van der Waals surface area contributed by atoms with Gasteiger partial charge in [-0.3, -0.25) is 0 Å². The van der Waals surface area contributed by atoms with Gasteiger partial charge in [0.15, 0.2) is 11.5 Å². The summed E-state index contributed by atoms with van der Waals surface area (Å²) < 4.78 is 0. The predicted octanol–water partition coefficient (Wildman–Crippen LogP) is 2.95. The highest BCUT2D eigenvalue weighted by Crippen LogP contribution is 2.37. The Bertz CT molecular complexity index is 664. The molecule has 1 heterocycles. The number of rotatable bonds is 1. The van der Waals surface area contributed by atoms with Crippen LogP contribution < -0.4 is 5.32 Å². The van der Waals surface area contributed by atoms with E-state index in [4.69, 9.17) is 0 Å². The first kappa shape index (κ1) is 13.0. The minimum absolute atomic E-state index is 0.0370. The standard InChI is InChI=1S/C17H19NO2/c1-10-3-4-13(11(2)7-10)17-14-9-16(20)15(19)8-12(14)5-6-18-17/h3-4,7-9,17-20H,5-6H2,1-2H3. The zero-order chi connectivity index (χ0) is 14.3. The number of benzene rings is 2. The Hall–Kier alpha value is -2.00. The van der Waals surface area contributed by atoms with E-state index in [0.717, 1.165) is 24.1 Å². The van der Waals surface area contributed by atoms with Crippen LogP contribution in [-0.4, -0.2) is 16.8 Å². The van der Waals surface area contributed by atoms with Crippen LogP contribution in [0.2, 0.25) is 0 Å². The van der Waals surface area contributed by atoms with Crippen molar-refractivity contribution >= 4 is 0 Å². The van der Waals surface area contributed by atoms with Gasteiger partial charge in [-0.1, -0.05) is 23.8 Å². The maximum atomic E-state index is 9.78. The highest BCUT2D eigenvalue weighted by Gasteiger charge is 2.24. The minimum Gasteiger partial charge on any atom is -0.504 e. The second kappa shape index (κ2) is 4.84. The van der Waals surface area contributed by atoms with Gasteiger partial charge < -0.3 is 15.5 Å². The topological polar surface area (TPSA) is 52.5 Å².